The summed E-state index contributed by atoms with van der Waals surface area (Å²) in [6.07, 6.45) is 1.58. The highest BCUT2D eigenvalue weighted by molar-refractivity contribution is 5.91. The van der Waals surface area contributed by atoms with Gasteiger partial charge in [0.25, 0.3) is 0 Å². The Labute approximate surface area is 231 Å². The van der Waals surface area contributed by atoms with Gasteiger partial charge in [0.1, 0.15) is 17.1 Å². The summed E-state index contributed by atoms with van der Waals surface area (Å²) in [5, 5.41) is 10.6. The number of carbonyl (C=O) groups is 1. The van der Waals surface area contributed by atoms with Crippen molar-refractivity contribution in [1.29, 1.82) is 0 Å². The summed E-state index contributed by atoms with van der Waals surface area (Å²) in [4.78, 5) is 21.3. The van der Waals surface area contributed by atoms with Crippen LogP contribution < -0.4 is 5.32 Å². The van der Waals surface area contributed by atoms with Crippen molar-refractivity contribution >= 4 is 11.7 Å². The topological polar surface area (TPSA) is 108 Å². The molecule has 2 fully saturated rings. The van der Waals surface area contributed by atoms with Gasteiger partial charge in [0.15, 0.2) is 11.6 Å². The zero-order valence-corrected chi connectivity index (χ0v) is 22.0. The Morgan fingerprint density at radius 2 is 1.88 bits per heavy atom. The first-order chi connectivity index (χ1) is 19.6. The van der Waals surface area contributed by atoms with Crippen molar-refractivity contribution in [2.75, 3.05) is 18.5 Å². The van der Waals surface area contributed by atoms with E-state index in [4.69, 9.17) is 9.26 Å². The minimum Gasteiger partial charge on any atom is -0.377 e. The summed E-state index contributed by atoms with van der Waals surface area (Å²) in [7, 11) is 0. The highest BCUT2D eigenvalue weighted by Crippen LogP contribution is 2.59. The number of benzene rings is 1. The second-order valence-corrected chi connectivity index (χ2v) is 10.4. The predicted molar refractivity (Wildman–Crippen MR) is 137 cm³/mol. The first kappa shape index (κ1) is 27.1. The van der Waals surface area contributed by atoms with Crippen LogP contribution in [0.3, 0.4) is 0 Å². The number of aromatic nitrogens is 5. The number of ether oxygens (including phenoxy) is 1. The van der Waals surface area contributed by atoms with Crippen LogP contribution in [0.15, 0.2) is 47.4 Å². The van der Waals surface area contributed by atoms with Gasteiger partial charge in [0.05, 0.1) is 31.4 Å². The van der Waals surface area contributed by atoms with Crippen LogP contribution >= 0.6 is 0 Å². The molecule has 1 aliphatic carbocycles. The zero-order valence-electron chi connectivity index (χ0n) is 22.0. The number of hydrogen-bond donors (Lipinski definition) is 1. The molecule has 1 aromatic carbocycles. The maximum Gasteiger partial charge on any atom is 0.401 e. The Morgan fingerprint density at radius 3 is 2.49 bits per heavy atom. The van der Waals surface area contributed by atoms with Crippen molar-refractivity contribution in [1.82, 2.24) is 24.9 Å². The van der Waals surface area contributed by atoms with Gasteiger partial charge in [0, 0.05) is 42.2 Å². The lowest BCUT2D eigenvalue weighted by Gasteiger charge is -2.26. The Bertz CT molecular complexity index is 1570. The van der Waals surface area contributed by atoms with Crippen LogP contribution in [0.5, 0.6) is 0 Å². The number of hydrogen-bond acceptors (Lipinski definition) is 7. The summed E-state index contributed by atoms with van der Waals surface area (Å²) in [6, 6.07) is 5.74. The van der Waals surface area contributed by atoms with E-state index in [-0.39, 0.29) is 42.4 Å². The molecule has 4 aromatic rings. The summed E-state index contributed by atoms with van der Waals surface area (Å²) in [5.74, 6) is -1.13. The molecule has 1 aliphatic heterocycles. The molecule has 0 bridgehead atoms. The van der Waals surface area contributed by atoms with Crippen LogP contribution in [0.2, 0.25) is 0 Å². The van der Waals surface area contributed by atoms with Gasteiger partial charge >= 0.3 is 6.18 Å². The fourth-order valence-electron chi connectivity index (χ4n) is 4.83. The average molecular weight is 571 g/mol. The summed E-state index contributed by atoms with van der Waals surface area (Å²) >= 11 is 0. The van der Waals surface area contributed by atoms with Gasteiger partial charge in [0.2, 0.25) is 5.91 Å². The summed E-state index contributed by atoms with van der Waals surface area (Å²) in [6.45, 7) is 3.36. The molecule has 0 radical (unpaired) electrons. The molecule has 3 aromatic heterocycles. The number of amides is 1. The first-order valence-electron chi connectivity index (χ1n) is 13.2. The van der Waals surface area contributed by atoms with Gasteiger partial charge in [-0.1, -0.05) is 24.2 Å². The van der Waals surface area contributed by atoms with E-state index in [0.29, 0.717) is 36.6 Å². The van der Waals surface area contributed by atoms with E-state index in [9.17, 15) is 22.4 Å². The minimum absolute atomic E-state index is 0.0909. The summed E-state index contributed by atoms with van der Waals surface area (Å²) < 4.78 is 66.8. The van der Waals surface area contributed by atoms with Crippen molar-refractivity contribution in [2.24, 2.45) is 0 Å². The highest BCUT2D eigenvalue weighted by Gasteiger charge is 2.66. The van der Waals surface area contributed by atoms with Crippen molar-refractivity contribution in [3.05, 3.63) is 77.1 Å². The van der Waals surface area contributed by atoms with Crippen LogP contribution in [0.4, 0.5) is 23.4 Å². The molecule has 6 rings (SSSR count). The molecule has 0 unspecified atom stereocenters. The molecule has 0 atom stereocenters. The highest BCUT2D eigenvalue weighted by atomic mass is 19.4. The SMILES string of the molecule is CCc1nn(C2COC2)cc1Cc1ncc(-c2ccc(CC(=O)Nc3cc(C4(C(F)(F)F)CC4)on3)c(F)c2)cn1. The lowest BCUT2D eigenvalue weighted by molar-refractivity contribution is -0.165. The van der Waals surface area contributed by atoms with E-state index >= 15 is 0 Å². The number of halogens is 4. The number of nitrogens with zero attached hydrogens (tertiary/aromatic N) is 5. The van der Waals surface area contributed by atoms with E-state index in [2.05, 4.69) is 25.5 Å². The third-order valence-corrected chi connectivity index (χ3v) is 7.56. The maximum absolute atomic E-state index is 14.9. The molecule has 9 nitrogen and oxygen atoms in total. The van der Waals surface area contributed by atoms with Crippen LogP contribution in [0.25, 0.3) is 11.1 Å². The van der Waals surface area contributed by atoms with E-state index in [1.807, 2.05) is 17.8 Å². The van der Waals surface area contributed by atoms with Gasteiger partial charge in [-0.3, -0.25) is 9.48 Å². The number of alkyl halides is 3. The van der Waals surface area contributed by atoms with Crippen LogP contribution in [-0.4, -0.2) is 50.2 Å². The Hall–Kier alpha value is -4.13. The van der Waals surface area contributed by atoms with Crippen molar-refractivity contribution in [3.63, 3.8) is 0 Å². The number of aryl methyl sites for hydroxylation is 1. The van der Waals surface area contributed by atoms with Gasteiger partial charge in [-0.05, 0) is 36.5 Å². The Balaban J connectivity index is 1.08. The zero-order chi connectivity index (χ0) is 28.8. The number of anilines is 1. The van der Waals surface area contributed by atoms with E-state index in [1.54, 1.807) is 18.5 Å². The minimum atomic E-state index is -4.46. The average Bonchev–Trinajstić information content (AvgIpc) is 3.46. The number of nitrogens with one attached hydrogen (secondary N) is 1. The monoisotopic (exact) mass is 570 g/mol. The van der Waals surface area contributed by atoms with Crippen LogP contribution in [-0.2, 0) is 34.2 Å². The third-order valence-electron chi connectivity index (χ3n) is 7.56. The molecule has 2 aliphatic rings. The number of carbonyl (C=O) groups excluding carboxylic acids is 1. The lowest BCUT2D eigenvalue weighted by atomic mass is 10.0. The molecular weight excluding hydrogens is 544 g/mol. The quantitative estimate of drug-likeness (QED) is 0.283. The van der Waals surface area contributed by atoms with Crippen LogP contribution in [0, 0.1) is 5.82 Å². The second-order valence-electron chi connectivity index (χ2n) is 10.4. The third kappa shape index (κ3) is 5.33. The van der Waals surface area contributed by atoms with Crippen LogP contribution in [0.1, 0.15) is 54.2 Å². The standard InChI is InChI=1S/C28H26F4N6O3/c1-2-22-18(13-38(36-22)20-14-40-15-20)8-24-33-11-19(12-34-24)16-3-4-17(21(29)7-16)9-26(39)35-25-10-23(41-37-25)27(5-6-27)28(30,31)32/h3-4,7,10-13,20H,2,5-6,8-9,14-15H2,1H3,(H,35,37,39). The molecule has 214 valence electrons. The second kappa shape index (κ2) is 10.4. The summed E-state index contributed by atoms with van der Waals surface area (Å²) in [5.41, 5.74) is 1.25. The van der Waals surface area contributed by atoms with Gasteiger partial charge < -0.3 is 14.6 Å². The molecular formula is C28H26F4N6O3. The molecule has 1 N–H and O–H groups in total. The Kier molecular flexibility index (Phi) is 6.84. The van der Waals surface area contributed by atoms with Gasteiger partial charge in [-0.25, -0.2) is 14.4 Å². The van der Waals surface area contributed by atoms with Crippen molar-refractivity contribution < 1.29 is 31.6 Å². The molecule has 0 spiro atoms. The van der Waals surface area contributed by atoms with Gasteiger partial charge in [-0.2, -0.15) is 18.3 Å². The predicted octanol–water partition coefficient (Wildman–Crippen LogP) is 4.97. The lowest BCUT2D eigenvalue weighted by Crippen LogP contribution is -2.31. The fraction of sp³-hybridized carbons (Fsp3) is 0.393. The smallest absolute Gasteiger partial charge is 0.377 e. The van der Waals surface area contributed by atoms with Crippen molar-refractivity contribution in [3.8, 4) is 11.1 Å². The van der Waals surface area contributed by atoms with E-state index in [1.165, 1.54) is 12.1 Å². The molecule has 1 amide bonds. The molecule has 41 heavy (non-hydrogen) atoms. The van der Waals surface area contributed by atoms with Gasteiger partial charge in [-0.15, -0.1) is 0 Å². The maximum atomic E-state index is 14.9. The van der Waals surface area contributed by atoms with E-state index in [0.717, 1.165) is 23.7 Å². The molecule has 13 heteroatoms. The molecule has 4 heterocycles. The molecule has 1 saturated heterocycles. The fourth-order valence-corrected chi connectivity index (χ4v) is 4.83. The first-order valence-corrected chi connectivity index (χ1v) is 13.2. The van der Waals surface area contributed by atoms with Crippen molar-refractivity contribution in [2.45, 2.75) is 56.7 Å². The largest absolute Gasteiger partial charge is 0.401 e. The normalized spacial score (nSPS) is 16.4. The van der Waals surface area contributed by atoms with E-state index < -0.39 is 23.3 Å². The molecule has 1 saturated carbocycles. The number of rotatable bonds is 9. The Morgan fingerprint density at radius 1 is 1.12 bits per heavy atom.